The standard InChI is InChI=1S/C25H18BrN3O5.C24H15F4N3O4S.C23H12F5N3O4S.C22H16ClN5O4/c1-34-16-6-4-5-14(11-16)13-28-20-10-9-15(26)12-18(20)21(22(28)24(31)32)29-23(30)17-7-2-3-8-19(17)27-25(29)33;1-11-3-2-4-12(18(11)25)8-30-17-6-5-13(24(26,27)28)7-14(17)19(20(30)22(33)34)31-21(32)15-9-36-10-16(15)29-23(31)35;24-12-3-10(4-13(25)6-12)7-30-17-2-1-11(23(26,27)28)5-14(17)18(19(30)21(33)34)31-20(32)15-8-36-9-16(15)29-22(31)35;1-26-19-15(10-24-26)20(29)28(22(32)25-19)17-14-9-13(23)7-8-16(14)27(18(17)21(30)31)11-12-5-3-2-4-6-12/h2-12H,13H2,1H3,(H,27,33)(H,31,32);2-7,9-10H,8H2,1H3,(H,29,35)(H,33,34);1-6,8-9H,7H2,(H,29,35)(H,33,34);2-10H,11H2,1H3,(H,25,32)(H,30,31). The van der Waals surface area contributed by atoms with E-state index in [0.29, 0.717) is 76.0 Å². The number of fused-ring (bicyclic) bond motifs is 8. The Morgan fingerprint density at radius 3 is 1.33 bits per heavy atom. The largest absolute Gasteiger partial charge is 0.497 e. The van der Waals surface area contributed by atoms with Crippen LogP contribution < -0.4 is 49.7 Å². The number of rotatable bonds is 17. The van der Waals surface area contributed by atoms with Gasteiger partial charge in [0.1, 0.15) is 34.2 Å². The molecule has 0 aliphatic rings. The molecule has 44 heteroatoms. The molecule has 0 bridgehead atoms. The molecule has 0 aliphatic carbocycles. The molecule has 8 N–H and O–H groups in total. The van der Waals surface area contributed by atoms with Crippen molar-refractivity contribution in [2.75, 3.05) is 7.11 Å². The third-order valence-corrected chi connectivity index (χ3v) is 24.9. The van der Waals surface area contributed by atoms with Crippen LogP contribution in [0.1, 0.15) is 80.9 Å². The van der Waals surface area contributed by atoms with Crippen LogP contribution in [-0.4, -0.2) is 118 Å². The zero-order valence-electron chi connectivity index (χ0n) is 70.7. The average molecular weight is 2010 g/mol. The van der Waals surface area contributed by atoms with Crippen LogP contribution in [0.15, 0.2) is 259 Å². The summed E-state index contributed by atoms with van der Waals surface area (Å²) in [5, 5.41) is 51.5. The predicted octanol–water partition coefficient (Wildman–Crippen LogP) is 16.6. The van der Waals surface area contributed by atoms with Crippen LogP contribution in [0.2, 0.25) is 5.02 Å². The maximum atomic E-state index is 14.8. The number of ether oxygens (including phenoxy) is 1. The minimum absolute atomic E-state index is 0.0173. The number of carboxylic acids is 4. The quantitative estimate of drug-likeness (QED) is 0.0393. The molecule has 0 saturated carbocycles. The number of aromatic carboxylic acids is 4. The molecular formula is C94H61BrClF9N14O17S2. The molecule has 0 radical (unpaired) electrons. The Labute approximate surface area is 782 Å². The molecule has 9 aromatic carbocycles. The van der Waals surface area contributed by atoms with E-state index in [9.17, 15) is 117 Å². The fraction of sp³-hybridized carbons (Fsp3) is 0.0957. The number of hydrogen-bond acceptors (Lipinski definition) is 16. The van der Waals surface area contributed by atoms with Gasteiger partial charge in [0.2, 0.25) is 0 Å². The lowest BCUT2D eigenvalue weighted by Crippen LogP contribution is -2.34. The van der Waals surface area contributed by atoms with E-state index in [2.05, 4.69) is 41.0 Å². The number of alkyl halides is 6. The third-order valence-electron chi connectivity index (χ3n) is 22.6. The van der Waals surface area contributed by atoms with Crippen LogP contribution in [0.4, 0.5) is 39.5 Å². The van der Waals surface area contributed by atoms with Gasteiger partial charge in [0.15, 0.2) is 22.8 Å². The zero-order valence-corrected chi connectivity index (χ0v) is 74.6. The number of hydrogen-bond donors (Lipinski definition) is 8. The van der Waals surface area contributed by atoms with Crippen LogP contribution in [0.5, 0.6) is 5.75 Å². The first-order valence-electron chi connectivity index (χ1n) is 40.4. The number of aromatic nitrogens is 14. The molecule has 31 nitrogen and oxygen atoms in total. The van der Waals surface area contributed by atoms with E-state index in [-0.39, 0.29) is 119 Å². The zero-order chi connectivity index (χ0) is 98.4. The molecule has 20 aromatic rings. The Morgan fingerprint density at radius 2 is 0.833 bits per heavy atom. The first-order valence-corrected chi connectivity index (χ1v) is 43.5. The molecule has 698 valence electrons. The van der Waals surface area contributed by atoms with Crippen molar-refractivity contribution in [2.45, 2.75) is 45.5 Å². The van der Waals surface area contributed by atoms with Gasteiger partial charge < -0.3 is 58.4 Å². The van der Waals surface area contributed by atoms with Crippen molar-refractivity contribution < 1.29 is 83.9 Å². The molecule has 0 amide bonds. The highest BCUT2D eigenvalue weighted by Crippen LogP contribution is 2.41. The molecule has 0 spiro atoms. The van der Waals surface area contributed by atoms with Gasteiger partial charge in [-0.3, -0.25) is 28.8 Å². The van der Waals surface area contributed by atoms with Crippen molar-refractivity contribution in [2.24, 2.45) is 7.05 Å². The van der Waals surface area contributed by atoms with Crippen molar-refractivity contribution in [3.05, 3.63) is 388 Å². The fourth-order valence-electron chi connectivity index (χ4n) is 16.7. The summed E-state index contributed by atoms with van der Waals surface area (Å²) in [7, 11) is 3.15. The van der Waals surface area contributed by atoms with Crippen molar-refractivity contribution in [3.63, 3.8) is 0 Å². The van der Waals surface area contributed by atoms with Crippen LogP contribution >= 0.6 is 50.2 Å². The Kier molecular flexibility index (Phi) is 24.5. The second-order valence-corrected chi connectivity index (χ2v) is 33.9. The number of H-pyrrole nitrogens is 4. The van der Waals surface area contributed by atoms with Gasteiger partial charge in [-0.1, -0.05) is 100 Å². The molecule has 0 aliphatic heterocycles. The molecule has 0 saturated heterocycles. The smallest absolute Gasteiger partial charge is 0.416 e. The molecule has 20 rings (SSSR count). The number of aromatic amines is 4. The molecule has 11 aromatic heterocycles. The van der Waals surface area contributed by atoms with Gasteiger partial charge in [-0.15, -0.1) is 22.7 Å². The second kappa shape index (κ2) is 36.3. The van der Waals surface area contributed by atoms with Crippen molar-refractivity contribution in [3.8, 4) is 28.5 Å². The van der Waals surface area contributed by atoms with Gasteiger partial charge in [-0.05, 0) is 138 Å². The van der Waals surface area contributed by atoms with E-state index in [1.807, 2.05) is 48.5 Å². The molecule has 11 heterocycles. The summed E-state index contributed by atoms with van der Waals surface area (Å²) in [6, 6.07) is 45.1. The molecular weight excluding hydrogens is 1950 g/mol. The molecule has 0 atom stereocenters. The van der Waals surface area contributed by atoms with Crippen molar-refractivity contribution >= 4 is 161 Å². The van der Waals surface area contributed by atoms with Gasteiger partial charge in [0, 0.05) is 90.9 Å². The number of benzene rings is 9. The van der Waals surface area contributed by atoms with Gasteiger partial charge in [-0.25, -0.2) is 69.8 Å². The fourth-order valence-corrected chi connectivity index (χ4v) is 18.7. The normalized spacial score (nSPS) is 11.7. The van der Waals surface area contributed by atoms with Gasteiger partial charge in [0.05, 0.1) is 109 Å². The first-order chi connectivity index (χ1) is 65.7. The van der Waals surface area contributed by atoms with E-state index in [0.717, 1.165) is 82.4 Å². The summed E-state index contributed by atoms with van der Waals surface area (Å²) < 4.78 is 139. The Bertz CT molecular complexity index is 9040. The maximum absolute atomic E-state index is 14.8. The second-order valence-electron chi connectivity index (χ2n) is 31.1. The summed E-state index contributed by atoms with van der Waals surface area (Å²) in [4.78, 5) is 165. The predicted molar refractivity (Wildman–Crippen MR) is 499 cm³/mol. The van der Waals surface area contributed by atoms with E-state index < -0.39 is 139 Å². The van der Waals surface area contributed by atoms with Crippen molar-refractivity contribution in [1.82, 2.24) is 66.3 Å². The van der Waals surface area contributed by atoms with Crippen LogP contribution in [0.3, 0.4) is 0 Å². The third kappa shape index (κ3) is 17.0. The highest BCUT2D eigenvalue weighted by atomic mass is 79.9. The number of para-hydroxylation sites is 1. The monoisotopic (exact) mass is 2010 g/mol. The van der Waals surface area contributed by atoms with E-state index in [1.165, 1.54) is 51.5 Å². The molecule has 0 fully saturated rings. The number of nitrogens with one attached hydrogen (secondary N) is 4. The van der Waals surface area contributed by atoms with E-state index in [1.54, 1.807) is 96.1 Å². The highest BCUT2D eigenvalue weighted by Gasteiger charge is 2.38. The number of methoxy groups -OCH3 is 1. The lowest BCUT2D eigenvalue weighted by Gasteiger charge is -2.12. The molecule has 0 unspecified atom stereocenters. The topological polar surface area (TPSA) is 415 Å². The van der Waals surface area contributed by atoms with E-state index >= 15 is 0 Å². The van der Waals surface area contributed by atoms with Crippen molar-refractivity contribution in [1.29, 1.82) is 0 Å². The van der Waals surface area contributed by atoms with Gasteiger partial charge >= 0.3 is 59.0 Å². The average Bonchev–Trinajstić information content (AvgIpc) is 1.80. The Hall–Kier alpha value is -16.7. The minimum Gasteiger partial charge on any atom is -0.497 e. The van der Waals surface area contributed by atoms with Gasteiger partial charge in [0.25, 0.3) is 22.2 Å². The number of carboxylic acid groups (broad SMARTS) is 4. The Balaban J connectivity index is 0.000000127. The summed E-state index contributed by atoms with van der Waals surface area (Å²) in [5.41, 5.74) is -7.79. The number of halogens is 11. The SMILES string of the molecule is COc1cccc(Cn2c(C(=O)O)c(-n3c(=O)[nH]c4ccccc4c3=O)c3cc(Br)ccc32)c1.Cc1cccc(Cn2c(C(=O)O)c(-n3c(=O)[nH]c4cscc4c3=O)c3cc(C(F)(F)F)ccc32)c1F.Cn1ncc2c(=O)n(-c3c(C(=O)O)n(Cc4ccccc4)c4ccc(Cl)cc34)c(=O)[nH]c21.O=C(O)c1c(-n2c(=O)[nH]c3cscc3c2=O)c2cc(C(F)(F)F)ccc2n1Cc1cc(F)cc(F)c1. The lowest BCUT2D eigenvalue weighted by atomic mass is 10.1. The first kappa shape index (κ1) is 93.2. The van der Waals surface area contributed by atoms with Crippen LogP contribution in [0.25, 0.3) is 110 Å². The number of nitrogens with zero attached hydrogens (tertiary/aromatic N) is 10. The van der Waals surface area contributed by atoms with E-state index in [4.69, 9.17) is 16.3 Å². The molecule has 138 heavy (non-hydrogen) atoms. The number of thiophene rings is 2. The van der Waals surface area contributed by atoms with Crippen LogP contribution in [-0.2, 0) is 45.6 Å². The summed E-state index contributed by atoms with van der Waals surface area (Å²) in [6.45, 7) is 1.08. The highest BCUT2D eigenvalue weighted by molar-refractivity contribution is 9.10. The summed E-state index contributed by atoms with van der Waals surface area (Å²) in [6.07, 6.45) is -8.27. The minimum atomic E-state index is -4.82. The number of carbonyl (C=O) groups is 4. The maximum Gasteiger partial charge on any atom is 0.416 e. The van der Waals surface area contributed by atoms with Crippen LogP contribution in [0, 0.1) is 24.4 Å². The van der Waals surface area contributed by atoms with Gasteiger partial charge in [-0.2, -0.15) is 31.4 Å². The Morgan fingerprint density at radius 1 is 0.420 bits per heavy atom. The summed E-state index contributed by atoms with van der Waals surface area (Å²) in [5.74, 6) is -7.70. The summed E-state index contributed by atoms with van der Waals surface area (Å²) >= 11 is 11.8. The lowest BCUT2D eigenvalue weighted by molar-refractivity contribution is -0.138. The number of aryl methyl sites for hydroxylation is 2.